The van der Waals surface area contributed by atoms with Crippen LogP contribution in [0.1, 0.15) is 5.76 Å². The number of hydrogen-bond acceptors (Lipinski definition) is 5. The summed E-state index contributed by atoms with van der Waals surface area (Å²) < 4.78 is 15.2. The lowest BCUT2D eigenvalue weighted by Crippen LogP contribution is -2.13. The second-order valence-corrected chi connectivity index (χ2v) is 2.97. The van der Waals surface area contributed by atoms with Crippen LogP contribution in [0.3, 0.4) is 0 Å². The molecule has 1 aromatic heterocycles. The molecule has 1 rings (SSSR count). The average Bonchev–Trinajstić information content (AvgIpc) is 2.16. The fourth-order valence-corrected chi connectivity index (χ4v) is 1.06. The van der Waals surface area contributed by atoms with Crippen LogP contribution in [0, 0.1) is 6.92 Å². The van der Waals surface area contributed by atoms with E-state index in [1.165, 1.54) is 6.07 Å². The normalized spacial score (nSPS) is 10.3. The first-order valence-corrected chi connectivity index (χ1v) is 4.75. The highest BCUT2D eigenvalue weighted by molar-refractivity contribution is 5.19. The molecule has 15 heavy (non-hydrogen) atoms. The lowest BCUT2D eigenvalue weighted by molar-refractivity contribution is 0.105. The van der Waals surface area contributed by atoms with Gasteiger partial charge in [-0.3, -0.25) is 0 Å². The highest BCUT2D eigenvalue weighted by atomic mass is 16.5. The maximum absolute atomic E-state index is 11.0. The number of hydrogen-bond donors (Lipinski definition) is 1. The first-order valence-electron chi connectivity index (χ1n) is 4.75. The van der Waals surface area contributed by atoms with Gasteiger partial charge >= 0.3 is 5.63 Å². The van der Waals surface area contributed by atoms with Gasteiger partial charge in [0.1, 0.15) is 18.1 Å². The van der Waals surface area contributed by atoms with Crippen molar-refractivity contribution in [2.45, 2.75) is 6.92 Å². The average molecular weight is 213 g/mol. The first kappa shape index (κ1) is 11.7. The Labute approximate surface area is 87.8 Å². The molecule has 2 N–H and O–H groups in total. The van der Waals surface area contributed by atoms with E-state index < -0.39 is 5.63 Å². The molecular formula is C10H15NO4. The number of nitrogens with two attached hydrogens (primary N) is 1. The second kappa shape index (κ2) is 6.21. The molecule has 0 atom stereocenters. The van der Waals surface area contributed by atoms with Crippen molar-refractivity contribution in [2.24, 2.45) is 5.73 Å². The maximum Gasteiger partial charge on any atom is 0.339 e. The fraction of sp³-hybridized carbons (Fsp3) is 0.500. The van der Waals surface area contributed by atoms with Crippen molar-refractivity contribution in [1.29, 1.82) is 0 Å². The zero-order chi connectivity index (χ0) is 11.1. The summed E-state index contributed by atoms with van der Waals surface area (Å²) in [5.74, 6) is 1.03. The van der Waals surface area contributed by atoms with E-state index >= 15 is 0 Å². The molecule has 1 heterocycles. The summed E-state index contributed by atoms with van der Waals surface area (Å²) in [6.45, 7) is 3.55. The Kier molecular flexibility index (Phi) is 4.86. The van der Waals surface area contributed by atoms with E-state index in [9.17, 15) is 4.79 Å². The zero-order valence-corrected chi connectivity index (χ0v) is 8.69. The number of rotatable bonds is 6. The van der Waals surface area contributed by atoms with Crippen LogP contribution in [0.25, 0.3) is 0 Å². The topological polar surface area (TPSA) is 74.7 Å². The van der Waals surface area contributed by atoms with Crippen LogP contribution in [0.4, 0.5) is 0 Å². The van der Waals surface area contributed by atoms with Gasteiger partial charge in [0.2, 0.25) is 0 Å². The molecule has 0 aliphatic rings. The van der Waals surface area contributed by atoms with Crippen molar-refractivity contribution in [3.63, 3.8) is 0 Å². The molecule has 84 valence electrons. The molecule has 0 bridgehead atoms. The van der Waals surface area contributed by atoms with Crippen molar-refractivity contribution < 1.29 is 13.9 Å². The van der Waals surface area contributed by atoms with Crippen LogP contribution < -0.4 is 16.1 Å². The highest BCUT2D eigenvalue weighted by Crippen LogP contribution is 2.08. The van der Waals surface area contributed by atoms with Gasteiger partial charge < -0.3 is 19.6 Å². The molecule has 0 saturated heterocycles. The summed E-state index contributed by atoms with van der Waals surface area (Å²) in [5, 5.41) is 0. The van der Waals surface area contributed by atoms with Gasteiger partial charge in [-0.1, -0.05) is 0 Å². The summed E-state index contributed by atoms with van der Waals surface area (Å²) >= 11 is 0. The molecule has 5 nitrogen and oxygen atoms in total. The quantitative estimate of drug-likeness (QED) is 0.688. The van der Waals surface area contributed by atoms with E-state index in [1.54, 1.807) is 13.0 Å². The third kappa shape index (κ3) is 4.62. The Morgan fingerprint density at radius 3 is 2.80 bits per heavy atom. The largest absolute Gasteiger partial charge is 0.491 e. The molecule has 5 heteroatoms. The minimum atomic E-state index is -0.409. The molecule has 0 spiro atoms. The lowest BCUT2D eigenvalue weighted by atomic mass is 10.4. The molecule has 0 unspecified atom stereocenters. The molecule has 0 radical (unpaired) electrons. The monoisotopic (exact) mass is 213 g/mol. The zero-order valence-electron chi connectivity index (χ0n) is 8.69. The Morgan fingerprint density at radius 1 is 1.33 bits per heavy atom. The Hall–Kier alpha value is -1.33. The first-order chi connectivity index (χ1) is 7.22. The predicted octanol–water partition coefficient (Wildman–Crippen LogP) is 0.302. The van der Waals surface area contributed by atoms with Gasteiger partial charge in [-0.05, 0) is 6.92 Å². The van der Waals surface area contributed by atoms with Gasteiger partial charge in [0.05, 0.1) is 19.3 Å². The molecule has 0 aliphatic carbocycles. The number of ether oxygens (including phenoxy) is 2. The van der Waals surface area contributed by atoms with Crippen LogP contribution in [0.5, 0.6) is 5.75 Å². The summed E-state index contributed by atoms with van der Waals surface area (Å²) in [6.07, 6.45) is 0. The molecule has 0 fully saturated rings. The fourth-order valence-electron chi connectivity index (χ4n) is 1.06. The summed E-state index contributed by atoms with van der Waals surface area (Å²) in [5.41, 5.74) is 4.83. The third-order valence-electron chi connectivity index (χ3n) is 1.63. The minimum Gasteiger partial charge on any atom is -0.491 e. The number of aryl methyl sites for hydroxylation is 1. The van der Waals surface area contributed by atoms with E-state index in [2.05, 4.69) is 0 Å². The molecule has 0 saturated carbocycles. The minimum absolute atomic E-state index is 0.392. The van der Waals surface area contributed by atoms with E-state index in [0.717, 1.165) is 0 Å². The van der Waals surface area contributed by atoms with Gasteiger partial charge in [-0.2, -0.15) is 0 Å². The van der Waals surface area contributed by atoms with Crippen molar-refractivity contribution >= 4 is 0 Å². The maximum atomic E-state index is 11.0. The van der Waals surface area contributed by atoms with Gasteiger partial charge in [-0.25, -0.2) is 4.79 Å². The van der Waals surface area contributed by atoms with E-state index in [4.69, 9.17) is 19.6 Å². The van der Waals surface area contributed by atoms with Crippen molar-refractivity contribution in [3.8, 4) is 5.75 Å². The standard InChI is InChI=1S/C10H15NO4/c1-8-6-9(7-10(12)15-8)14-5-4-13-3-2-11/h6-7H,2-5,11H2,1H3. The van der Waals surface area contributed by atoms with E-state index in [0.29, 0.717) is 37.9 Å². The van der Waals surface area contributed by atoms with Gasteiger partial charge in [-0.15, -0.1) is 0 Å². The van der Waals surface area contributed by atoms with Crippen LogP contribution in [-0.4, -0.2) is 26.4 Å². The van der Waals surface area contributed by atoms with E-state index in [-0.39, 0.29) is 0 Å². The van der Waals surface area contributed by atoms with Gasteiger partial charge in [0, 0.05) is 12.6 Å². The molecule has 0 aliphatic heterocycles. The Morgan fingerprint density at radius 2 is 2.13 bits per heavy atom. The second-order valence-electron chi connectivity index (χ2n) is 2.97. The van der Waals surface area contributed by atoms with Gasteiger partial charge in [0.15, 0.2) is 0 Å². The Bertz CT molecular complexity index is 348. The third-order valence-corrected chi connectivity index (χ3v) is 1.63. The Balaban J connectivity index is 2.34. The lowest BCUT2D eigenvalue weighted by Gasteiger charge is -2.06. The molecule has 1 aromatic rings. The smallest absolute Gasteiger partial charge is 0.339 e. The van der Waals surface area contributed by atoms with Gasteiger partial charge in [0.25, 0.3) is 0 Å². The molecular weight excluding hydrogens is 198 g/mol. The van der Waals surface area contributed by atoms with Crippen molar-refractivity contribution in [2.75, 3.05) is 26.4 Å². The SMILES string of the molecule is Cc1cc(OCCOCCN)cc(=O)o1. The molecule has 0 amide bonds. The van der Waals surface area contributed by atoms with Crippen LogP contribution >= 0.6 is 0 Å². The highest BCUT2D eigenvalue weighted by Gasteiger charge is 1.98. The van der Waals surface area contributed by atoms with Crippen molar-refractivity contribution in [1.82, 2.24) is 0 Å². The van der Waals surface area contributed by atoms with Crippen LogP contribution in [0.2, 0.25) is 0 Å². The van der Waals surface area contributed by atoms with Crippen molar-refractivity contribution in [3.05, 3.63) is 28.3 Å². The molecule has 0 aromatic carbocycles. The van der Waals surface area contributed by atoms with E-state index in [1.807, 2.05) is 0 Å². The summed E-state index contributed by atoms with van der Waals surface area (Å²) in [6, 6.07) is 2.96. The summed E-state index contributed by atoms with van der Waals surface area (Å²) in [4.78, 5) is 11.0. The summed E-state index contributed by atoms with van der Waals surface area (Å²) in [7, 11) is 0. The van der Waals surface area contributed by atoms with Crippen LogP contribution in [0.15, 0.2) is 21.3 Å². The van der Waals surface area contributed by atoms with Crippen LogP contribution in [-0.2, 0) is 4.74 Å². The predicted molar refractivity (Wildman–Crippen MR) is 55.1 cm³/mol.